The van der Waals surface area contributed by atoms with Gasteiger partial charge in [0.15, 0.2) is 0 Å². The van der Waals surface area contributed by atoms with Gasteiger partial charge in [0.2, 0.25) is 0 Å². The van der Waals surface area contributed by atoms with Crippen molar-refractivity contribution in [2.45, 2.75) is 58.8 Å². The van der Waals surface area contributed by atoms with E-state index < -0.39 is 0 Å². The van der Waals surface area contributed by atoms with Crippen molar-refractivity contribution in [1.29, 1.82) is 0 Å². The number of fused-ring (bicyclic) bond motifs is 1. The Morgan fingerprint density at radius 2 is 1.85 bits per heavy atom. The molecule has 0 fully saturated rings. The van der Waals surface area contributed by atoms with Crippen LogP contribution in [-0.2, 0) is 6.42 Å². The Hall–Kier alpha value is -1.65. The monoisotopic (exact) mass is 275 g/mol. The van der Waals surface area contributed by atoms with Crippen LogP contribution in [0.3, 0.4) is 0 Å². The third kappa shape index (κ3) is 3.68. The Labute approximate surface area is 120 Å². The summed E-state index contributed by atoms with van der Waals surface area (Å²) in [4.78, 5) is 8.50. The Kier molecular flexibility index (Phi) is 5.77. The van der Waals surface area contributed by atoms with Crippen LogP contribution in [0, 0.1) is 0 Å². The molecule has 2 aromatic heterocycles. The first-order valence-corrected chi connectivity index (χ1v) is 7.78. The highest BCUT2D eigenvalue weighted by atomic mass is 15.3. The number of hydrogen-bond donors (Lipinski definition) is 1. The highest BCUT2D eigenvalue weighted by Gasteiger charge is 2.09. The molecule has 0 amide bonds. The van der Waals surface area contributed by atoms with E-state index in [1.165, 1.54) is 44.1 Å². The van der Waals surface area contributed by atoms with Crippen molar-refractivity contribution < 1.29 is 0 Å². The minimum atomic E-state index is 0.660. The molecule has 0 radical (unpaired) electrons. The van der Waals surface area contributed by atoms with Gasteiger partial charge in [0, 0.05) is 18.3 Å². The standard InChI is InChI=1S/C15H25N5/c1-3-5-6-7-8-9-10-13-11-17-15-18-12-19-20(15)14(13)16-4-2/h11-12,16H,3-10H2,1-2H3. The van der Waals surface area contributed by atoms with Gasteiger partial charge in [0.05, 0.1) is 0 Å². The van der Waals surface area contributed by atoms with E-state index in [4.69, 9.17) is 0 Å². The quantitative estimate of drug-likeness (QED) is 0.712. The van der Waals surface area contributed by atoms with E-state index in [9.17, 15) is 0 Å². The first kappa shape index (κ1) is 14.8. The Bertz CT molecular complexity index is 520. The predicted molar refractivity (Wildman–Crippen MR) is 82.0 cm³/mol. The molecule has 0 aliphatic rings. The van der Waals surface area contributed by atoms with E-state index in [1.807, 2.05) is 6.20 Å². The van der Waals surface area contributed by atoms with Crippen LogP contribution in [0.15, 0.2) is 12.5 Å². The van der Waals surface area contributed by atoms with Crippen LogP contribution in [-0.4, -0.2) is 26.1 Å². The molecule has 0 unspecified atom stereocenters. The third-order valence-electron chi connectivity index (χ3n) is 3.53. The van der Waals surface area contributed by atoms with Gasteiger partial charge in [0.1, 0.15) is 12.1 Å². The lowest BCUT2D eigenvalue weighted by Gasteiger charge is -2.11. The zero-order valence-corrected chi connectivity index (χ0v) is 12.6. The molecule has 110 valence electrons. The predicted octanol–water partition coefficient (Wildman–Crippen LogP) is 3.46. The first-order chi connectivity index (χ1) is 9.86. The Balaban J connectivity index is 1.96. The van der Waals surface area contributed by atoms with Crippen molar-refractivity contribution in [1.82, 2.24) is 19.6 Å². The summed E-state index contributed by atoms with van der Waals surface area (Å²) in [6.45, 7) is 5.22. The molecule has 1 N–H and O–H groups in total. The number of hydrogen-bond acceptors (Lipinski definition) is 4. The fourth-order valence-corrected chi connectivity index (χ4v) is 2.45. The average Bonchev–Trinajstić information content (AvgIpc) is 2.93. The molecule has 0 spiro atoms. The number of nitrogens with zero attached hydrogens (tertiary/aromatic N) is 4. The van der Waals surface area contributed by atoms with Crippen LogP contribution in [0.5, 0.6) is 0 Å². The molecule has 0 aliphatic heterocycles. The van der Waals surface area contributed by atoms with Gasteiger partial charge in [-0.25, -0.2) is 4.98 Å². The van der Waals surface area contributed by atoms with Crippen molar-refractivity contribution in [3.05, 3.63) is 18.1 Å². The summed E-state index contributed by atoms with van der Waals surface area (Å²) in [5.74, 6) is 1.70. The summed E-state index contributed by atoms with van der Waals surface area (Å²) in [5, 5.41) is 7.63. The summed E-state index contributed by atoms with van der Waals surface area (Å²) in [7, 11) is 0. The van der Waals surface area contributed by atoms with Gasteiger partial charge in [-0.15, -0.1) is 0 Å². The fraction of sp³-hybridized carbons (Fsp3) is 0.667. The molecule has 0 aliphatic carbocycles. The lowest BCUT2D eigenvalue weighted by molar-refractivity contribution is 0.606. The van der Waals surface area contributed by atoms with Gasteiger partial charge in [-0.05, 0) is 19.8 Å². The first-order valence-electron chi connectivity index (χ1n) is 7.78. The Morgan fingerprint density at radius 3 is 2.65 bits per heavy atom. The third-order valence-corrected chi connectivity index (χ3v) is 3.53. The summed E-state index contributed by atoms with van der Waals surface area (Å²) in [6, 6.07) is 0. The van der Waals surface area contributed by atoms with E-state index in [1.54, 1.807) is 10.8 Å². The smallest absolute Gasteiger partial charge is 0.254 e. The van der Waals surface area contributed by atoms with Crippen molar-refractivity contribution in [3.8, 4) is 0 Å². The molecule has 20 heavy (non-hydrogen) atoms. The van der Waals surface area contributed by atoms with Gasteiger partial charge >= 0.3 is 0 Å². The normalized spacial score (nSPS) is 11.1. The van der Waals surface area contributed by atoms with E-state index in [2.05, 4.69) is 34.2 Å². The molecule has 5 heteroatoms. The second-order valence-electron chi connectivity index (χ2n) is 5.15. The number of unbranched alkanes of at least 4 members (excludes halogenated alkanes) is 5. The fourth-order valence-electron chi connectivity index (χ4n) is 2.45. The van der Waals surface area contributed by atoms with Gasteiger partial charge in [0.25, 0.3) is 5.78 Å². The van der Waals surface area contributed by atoms with Crippen molar-refractivity contribution in [2.75, 3.05) is 11.9 Å². The maximum absolute atomic E-state index is 4.36. The zero-order chi connectivity index (χ0) is 14.2. The second kappa shape index (κ2) is 7.82. The topological polar surface area (TPSA) is 55.1 Å². The molecule has 0 saturated heterocycles. The summed E-state index contributed by atoms with van der Waals surface area (Å²) >= 11 is 0. The van der Waals surface area contributed by atoms with Crippen molar-refractivity contribution in [3.63, 3.8) is 0 Å². The maximum atomic E-state index is 4.36. The van der Waals surface area contributed by atoms with Crippen LogP contribution in [0.2, 0.25) is 0 Å². The molecule has 0 atom stereocenters. The maximum Gasteiger partial charge on any atom is 0.254 e. The van der Waals surface area contributed by atoms with Crippen LogP contribution >= 0.6 is 0 Å². The molecule has 5 nitrogen and oxygen atoms in total. The molecule has 2 heterocycles. The van der Waals surface area contributed by atoms with E-state index >= 15 is 0 Å². The molecule has 0 saturated carbocycles. The van der Waals surface area contributed by atoms with Gasteiger partial charge in [-0.1, -0.05) is 39.0 Å². The molecular weight excluding hydrogens is 250 g/mol. The number of aryl methyl sites for hydroxylation is 1. The van der Waals surface area contributed by atoms with Crippen LogP contribution < -0.4 is 5.32 Å². The molecule has 2 aromatic rings. The minimum absolute atomic E-state index is 0.660. The van der Waals surface area contributed by atoms with Crippen LogP contribution in [0.1, 0.15) is 57.9 Å². The van der Waals surface area contributed by atoms with Crippen molar-refractivity contribution >= 4 is 11.6 Å². The van der Waals surface area contributed by atoms with Crippen LogP contribution in [0.25, 0.3) is 5.78 Å². The summed E-state index contributed by atoms with van der Waals surface area (Å²) in [5.41, 5.74) is 1.24. The molecular formula is C15H25N5. The number of rotatable bonds is 9. The minimum Gasteiger partial charge on any atom is -0.370 e. The second-order valence-corrected chi connectivity index (χ2v) is 5.15. The number of anilines is 1. The van der Waals surface area contributed by atoms with Gasteiger partial charge < -0.3 is 5.32 Å². The lowest BCUT2D eigenvalue weighted by Crippen LogP contribution is -2.09. The number of nitrogens with one attached hydrogen (secondary N) is 1. The summed E-state index contributed by atoms with van der Waals surface area (Å²) in [6.07, 6.45) is 12.4. The zero-order valence-electron chi connectivity index (χ0n) is 12.6. The Morgan fingerprint density at radius 1 is 1.05 bits per heavy atom. The molecule has 0 aromatic carbocycles. The van der Waals surface area contributed by atoms with Gasteiger partial charge in [-0.3, -0.25) is 0 Å². The molecule has 0 bridgehead atoms. The van der Waals surface area contributed by atoms with E-state index in [0.717, 1.165) is 18.8 Å². The van der Waals surface area contributed by atoms with Crippen LogP contribution in [0.4, 0.5) is 5.82 Å². The summed E-state index contributed by atoms with van der Waals surface area (Å²) < 4.78 is 1.80. The largest absolute Gasteiger partial charge is 0.370 e. The van der Waals surface area contributed by atoms with Crippen molar-refractivity contribution in [2.24, 2.45) is 0 Å². The van der Waals surface area contributed by atoms with E-state index in [0.29, 0.717) is 5.78 Å². The lowest BCUT2D eigenvalue weighted by atomic mass is 10.1. The highest BCUT2D eigenvalue weighted by molar-refractivity contribution is 5.49. The van der Waals surface area contributed by atoms with E-state index in [-0.39, 0.29) is 0 Å². The SMILES string of the molecule is CCCCCCCCc1cnc2ncnn2c1NCC. The highest BCUT2D eigenvalue weighted by Crippen LogP contribution is 2.18. The number of aromatic nitrogens is 4. The average molecular weight is 275 g/mol. The van der Waals surface area contributed by atoms with Gasteiger partial charge in [-0.2, -0.15) is 14.6 Å². The molecule has 2 rings (SSSR count).